The average Bonchev–Trinajstić information content (AvgIpc) is 2.18. The number of hydrogen-bond acceptors (Lipinski definition) is 2. The van der Waals surface area contributed by atoms with Gasteiger partial charge in [-0.15, -0.1) is 0 Å². The van der Waals surface area contributed by atoms with Gasteiger partial charge >= 0.3 is 12.1 Å². The fraction of sp³-hybridized carbons (Fsp3) is 0.300. The van der Waals surface area contributed by atoms with Crippen LogP contribution in [0.4, 0.5) is 13.2 Å². The van der Waals surface area contributed by atoms with E-state index in [2.05, 4.69) is 20.7 Å². The van der Waals surface area contributed by atoms with Gasteiger partial charge in [0.15, 0.2) is 0 Å². The van der Waals surface area contributed by atoms with Crippen LogP contribution in [0, 0.1) is 0 Å². The van der Waals surface area contributed by atoms with Crippen molar-refractivity contribution in [3.05, 3.63) is 33.8 Å². The van der Waals surface area contributed by atoms with Gasteiger partial charge < -0.3 is 4.74 Å². The van der Waals surface area contributed by atoms with Gasteiger partial charge in [0.1, 0.15) is 0 Å². The van der Waals surface area contributed by atoms with Crippen LogP contribution in [0.25, 0.3) is 0 Å². The zero-order valence-corrected chi connectivity index (χ0v) is 9.85. The lowest BCUT2D eigenvalue weighted by atomic mass is 10.1. The standard InChI is InChI=1S/C10H8BrF3O2/c1-16-9(15)6-2-3-8(11)7(4-6)5-10(12,13)14/h2-4H,5H2,1H3. The van der Waals surface area contributed by atoms with E-state index >= 15 is 0 Å². The number of benzene rings is 1. The van der Waals surface area contributed by atoms with Crippen LogP contribution in [0.15, 0.2) is 22.7 Å². The van der Waals surface area contributed by atoms with E-state index in [1.807, 2.05) is 0 Å². The Bertz CT molecular complexity index is 402. The summed E-state index contributed by atoms with van der Waals surface area (Å²) in [6, 6.07) is 3.96. The molecule has 0 bridgehead atoms. The van der Waals surface area contributed by atoms with Gasteiger partial charge in [0.05, 0.1) is 19.1 Å². The normalized spacial score (nSPS) is 11.3. The number of hydrogen-bond donors (Lipinski definition) is 0. The highest BCUT2D eigenvalue weighted by Gasteiger charge is 2.29. The van der Waals surface area contributed by atoms with Crippen LogP contribution in [-0.2, 0) is 11.2 Å². The third kappa shape index (κ3) is 3.52. The van der Waals surface area contributed by atoms with E-state index < -0.39 is 18.6 Å². The summed E-state index contributed by atoms with van der Waals surface area (Å²) in [7, 11) is 1.17. The number of carbonyl (C=O) groups excluding carboxylic acids is 1. The molecule has 0 spiro atoms. The molecule has 6 heteroatoms. The summed E-state index contributed by atoms with van der Waals surface area (Å²) in [5.74, 6) is -0.657. The van der Waals surface area contributed by atoms with Crippen LogP contribution in [0.3, 0.4) is 0 Å². The predicted molar refractivity (Wildman–Crippen MR) is 55.2 cm³/mol. The molecule has 88 valence electrons. The Labute approximate surface area is 98.5 Å². The quantitative estimate of drug-likeness (QED) is 0.783. The van der Waals surface area contributed by atoms with Gasteiger partial charge in [0.25, 0.3) is 0 Å². The SMILES string of the molecule is COC(=O)c1ccc(Br)c(CC(F)(F)F)c1. The van der Waals surface area contributed by atoms with Crippen molar-refractivity contribution >= 4 is 21.9 Å². The number of methoxy groups -OCH3 is 1. The molecule has 0 unspecified atom stereocenters. The minimum absolute atomic E-state index is 0.00963. The summed E-state index contributed by atoms with van der Waals surface area (Å²) in [5.41, 5.74) is 0.111. The first kappa shape index (κ1) is 13.0. The summed E-state index contributed by atoms with van der Waals surface area (Å²) in [5, 5.41) is 0. The van der Waals surface area contributed by atoms with Crippen molar-refractivity contribution in [1.82, 2.24) is 0 Å². The molecular formula is C10H8BrF3O2. The fourth-order valence-electron chi connectivity index (χ4n) is 1.17. The molecule has 0 N–H and O–H groups in total. The maximum absolute atomic E-state index is 12.2. The van der Waals surface area contributed by atoms with E-state index in [9.17, 15) is 18.0 Å². The molecule has 0 heterocycles. The average molecular weight is 297 g/mol. The van der Waals surface area contributed by atoms with Gasteiger partial charge in [0.2, 0.25) is 0 Å². The molecule has 1 aromatic rings. The highest BCUT2D eigenvalue weighted by molar-refractivity contribution is 9.10. The number of alkyl halides is 3. The maximum atomic E-state index is 12.2. The van der Waals surface area contributed by atoms with E-state index in [1.165, 1.54) is 25.3 Å². The second kappa shape index (κ2) is 4.86. The van der Waals surface area contributed by atoms with Crippen molar-refractivity contribution < 1.29 is 22.7 Å². The Morgan fingerprint density at radius 1 is 1.44 bits per heavy atom. The lowest BCUT2D eigenvalue weighted by molar-refractivity contribution is -0.127. The van der Waals surface area contributed by atoms with Crippen molar-refractivity contribution in [2.24, 2.45) is 0 Å². The molecule has 0 aliphatic rings. The van der Waals surface area contributed by atoms with E-state index in [-0.39, 0.29) is 11.1 Å². The highest BCUT2D eigenvalue weighted by atomic mass is 79.9. The predicted octanol–water partition coefficient (Wildman–Crippen LogP) is 3.34. The third-order valence-electron chi connectivity index (χ3n) is 1.86. The van der Waals surface area contributed by atoms with E-state index in [4.69, 9.17) is 0 Å². The van der Waals surface area contributed by atoms with Gasteiger partial charge in [0, 0.05) is 4.47 Å². The van der Waals surface area contributed by atoms with Crippen molar-refractivity contribution in [3.8, 4) is 0 Å². The first-order valence-electron chi connectivity index (χ1n) is 4.27. The minimum Gasteiger partial charge on any atom is -0.465 e. The number of rotatable bonds is 2. The molecule has 1 aromatic carbocycles. The van der Waals surface area contributed by atoms with Gasteiger partial charge in [-0.05, 0) is 23.8 Å². The van der Waals surface area contributed by atoms with Gasteiger partial charge in [-0.25, -0.2) is 4.79 Å². The van der Waals surface area contributed by atoms with E-state index in [0.29, 0.717) is 4.47 Å². The van der Waals surface area contributed by atoms with Gasteiger partial charge in [-0.2, -0.15) is 13.2 Å². The van der Waals surface area contributed by atoms with Gasteiger partial charge in [-0.3, -0.25) is 0 Å². The zero-order chi connectivity index (χ0) is 12.3. The summed E-state index contributed by atoms with van der Waals surface area (Å²) >= 11 is 3.00. The molecule has 0 radical (unpaired) electrons. The monoisotopic (exact) mass is 296 g/mol. The van der Waals surface area contributed by atoms with Crippen LogP contribution < -0.4 is 0 Å². The Morgan fingerprint density at radius 3 is 2.56 bits per heavy atom. The smallest absolute Gasteiger partial charge is 0.393 e. The fourth-order valence-corrected chi connectivity index (χ4v) is 1.56. The lowest BCUT2D eigenvalue weighted by Crippen LogP contribution is -2.13. The first-order chi connectivity index (χ1) is 7.33. The molecule has 0 aliphatic heterocycles. The number of esters is 1. The van der Waals surface area contributed by atoms with Crippen molar-refractivity contribution in [3.63, 3.8) is 0 Å². The molecular weight excluding hydrogens is 289 g/mol. The lowest BCUT2D eigenvalue weighted by Gasteiger charge is -2.09. The van der Waals surface area contributed by atoms with Crippen LogP contribution in [0.5, 0.6) is 0 Å². The van der Waals surface area contributed by atoms with E-state index in [1.54, 1.807) is 0 Å². The topological polar surface area (TPSA) is 26.3 Å². The Kier molecular flexibility index (Phi) is 3.96. The Hall–Kier alpha value is -1.04. The molecule has 0 fully saturated rings. The molecule has 16 heavy (non-hydrogen) atoms. The summed E-state index contributed by atoms with van der Waals surface area (Å²) in [4.78, 5) is 11.1. The van der Waals surface area contributed by atoms with Gasteiger partial charge in [-0.1, -0.05) is 15.9 Å². The summed E-state index contributed by atoms with van der Waals surface area (Å²) in [6.45, 7) is 0. The van der Waals surface area contributed by atoms with Crippen molar-refractivity contribution in [2.45, 2.75) is 12.6 Å². The number of ether oxygens (including phenoxy) is 1. The summed E-state index contributed by atoms with van der Waals surface area (Å²) in [6.07, 6.45) is -5.39. The van der Waals surface area contributed by atoms with Crippen molar-refractivity contribution in [1.29, 1.82) is 0 Å². The maximum Gasteiger partial charge on any atom is 0.393 e. The largest absolute Gasteiger partial charge is 0.465 e. The highest BCUT2D eigenvalue weighted by Crippen LogP contribution is 2.27. The second-order valence-electron chi connectivity index (χ2n) is 3.09. The zero-order valence-electron chi connectivity index (χ0n) is 8.27. The minimum atomic E-state index is -4.31. The first-order valence-corrected chi connectivity index (χ1v) is 5.06. The molecule has 1 rings (SSSR count). The van der Waals surface area contributed by atoms with Crippen LogP contribution in [0.2, 0.25) is 0 Å². The Morgan fingerprint density at radius 2 is 2.06 bits per heavy atom. The van der Waals surface area contributed by atoms with E-state index in [0.717, 1.165) is 0 Å². The summed E-state index contributed by atoms with van der Waals surface area (Å²) < 4.78 is 41.3. The number of halogens is 4. The second-order valence-corrected chi connectivity index (χ2v) is 3.94. The van der Waals surface area contributed by atoms with Crippen LogP contribution in [-0.4, -0.2) is 19.3 Å². The Balaban J connectivity index is 3.04. The van der Waals surface area contributed by atoms with Crippen LogP contribution in [0.1, 0.15) is 15.9 Å². The molecule has 0 aliphatic carbocycles. The molecule has 0 amide bonds. The molecule has 0 saturated carbocycles. The third-order valence-corrected chi connectivity index (χ3v) is 2.63. The molecule has 0 saturated heterocycles. The number of carbonyl (C=O) groups is 1. The van der Waals surface area contributed by atoms with Crippen LogP contribution >= 0.6 is 15.9 Å². The molecule has 0 atom stereocenters. The molecule has 2 nitrogen and oxygen atoms in total. The molecule has 0 aromatic heterocycles. The van der Waals surface area contributed by atoms with Crippen molar-refractivity contribution in [2.75, 3.05) is 7.11 Å².